The highest BCUT2D eigenvalue weighted by molar-refractivity contribution is 5.45. The third-order valence-corrected chi connectivity index (χ3v) is 7.02. The molecule has 0 bridgehead atoms. The molecule has 2 fully saturated rings. The van der Waals surface area contributed by atoms with E-state index in [1.165, 1.54) is 18.0 Å². The molecule has 3 N–H and O–H groups in total. The number of hydrogen-bond donors (Lipinski definition) is 3. The third kappa shape index (κ3) is 6.47. The van der Waals surface area contributed by atoms with E-state index >= 15 is 4.39 Å². The second-order valence-corrected chi connectivity index (χ2v) is 9.87. The van der Waals surface area contributed by atoms with Gasteiger partial charge in [0, 0.05) is 62.7 Å². The van der Waals surface area contributed by atoms with Crippen molar-refractivity contribution in [2.45, 2.75) is 25.0 Å². The minimum Gasteiger partial charge on any atom is -0.502 e. The predicted molar refractivity (Wildman–Crippen MR) is 140 cm³/mol. The highest BCUT2D eigenvalue weighted by Gasteiger charge is 2.29. The fourth-order valence-electron chi connectivity index (χ4n) is 4.88. The molecule has 0 aliphatic carbocycles. The van der Waals surface area contributed by atoms with Gasteiger partial charge < -0.3 is 19.9 Å². The summed E-state index contributed by atoms with van der Waals surface area (Å²) in [5, 5.41) is 19.8. The summed E-state index contributed by atoms with van der Waals surface area (Å²) in [4.78, 5) is 22.6. The molecular formula is C29H31FN4O4. The van der Waals surface area contributed by atoms with E-state index in [4.69, 9.17) is 4.74 Å². The zero-order valence-electron chi connectivity index (χ0n) is 21.1. The molecule has 0 saturated carbocycles. The van der Waals surface area contributed by atoms with Crippen LogP contribution in [0.3, 0.4) is 0 Å². The lowest BCUT2D eigenvalue weighted by Gasteiger charge is -2.38. The molecule has 1 atom stereocenters. The van der Waals surface area contributed by atoms with Crippen molar-refractivity contribution >= 4 is 0 Å². The molecule has 9 heteroatoms. The topological polar surface area (TPSA) is 102 Å². The summed E-state index contributed by atoms with van der Waals surface area (Å²) in [7, 11) is 0. The fraction of sp³-hybridized carbons (Fsp3) is 0.379. The number of ether oxygens (including phenoxy) is 1. The van der Waals surface area contributed by atoms with E-state index in [1.54, 1.807) is 12.1 Å². The van der Waals surface area contributed by atoms with Gasteiger partial charge in [-0.15, -0.1) is 0 Å². The van der Waals surface area contributed by atoms with Gasteiger partial charge in [-0.3, -0.25) is 14.6 Å². The maximum atomic E-state index is 15.3. The highest BCUT2D eigenvalue weighted by Crippen LogP contribution is 2.28. The Hall–Kier alpha value is -3.55. The van der Waals surface area contributed by atoms with Gasteiger partial charge in [-0.1, -0.05) is 30.0 Å². The average molecular weight is 519 g/mol. The van der Waals surface area contributed by atoms with E-state index in [9.17, 15) is 15.0 Å². The van der Waals surface area contributed by atoms with Gasteiger partial charge in [-0.05, 0) is 35.4 Å². The summed E-state index contributed by atoms with van der Waals surface area (Å²) in [5.74, 6) is 4.92. The molecule has 0 amide bonds. The van der Waals surface area contributed by atoms with Gasteiger partial charge in [-0.2, -0.15) is 0 Å². The van der Waals surface area contributed by atoms with Crippen molar-refractivity contribution < 1.29 is 19.3 Å². The summed E-state index contributed by atoms with van der Waals surface area (Å²) in [6, 6.07) is 13.0. The first-order valence-corrected chi connectivity index (χ1v) is 12.8. The number of benzene rings is 2. The molecule has 5 rings (SSSR count). The smallest absolute Gasteiger partial charge is 0.293 e. The molecule has 2 aliphatic rings. The Bertz CT molecular complexity index is 1370. The van der Waals surface area contributed by atoms with Crippen LogP contribution in [0.4, 0.5) is 4.39 Å². The van der Waals surface area contributed by atoms with E-state index in [1.807, 2.05) is 17.0 Å². The van der Waals surface area contributed by atoms with E-state index in [0.717, 1.165) is 38.4 Å². The number of aromatic amines is 1. The number of likely N-dealkylation sites (tertiary alicyclic amines) is 1. The van der Waals surface area contributed by atoms with Gasteiger partial charge in [0.2, 0.25) is 5.75 Å². The highest BCUT2D eigenvalue weighted by atomic mass is 19.1. The summed E-state index contributed by atoms with van der Waals surface area (Å²) in [5.41, 5.74) is 2.65. The lowest BCUT2D eigenvalue weighted by atomic mass is 9.90. The van der Waals surface area contributed by atoms with Gasteiger partial charge in [-0.25, -0.2) is 9.37 Å². The van der Waals surface area contributed by atoms with Crippen molar-refractivity contribution in [1.82, 2.24) is 19.8 Å². The summed E-state index contributed by atoms with van der Waals surface area (Å²) in [6.45, 7) is 5.76. The first-order valence-electron chi connectivity index (χ1n) is 12.8. The minimum atomic E-state index is -0.631. The Balaban J connectivity index is 1.30. The number of hydrogen-bond acceptors (Lipinski definition) is 7. The molecule has 2 saturated heterocycles. The number of nitrogens with one attached hydrogen (secondary N) is 1. The minimum absolute atomic E-state index is 0.182. The first-order chi connectivity index (χ1) is 18.4. The molecule has 0 spiro atoms. The number of aliphatic hydroxyl groups is 1. The maximum Gasteiger partial charge on any atom is 0.293 e. The number of morpholine rings is 1. The lowest BCUT2D eigenvalue weighted by Crippen LogP contribution is -2.52. The van der Waals surface area contributed by atoms with Crippen molar-refractivity contribution in [1.29, 1.82) is 0 Å². The summed E-state index contributed by atoms with van der Waals surface area (Å²) >= 11 is 0. The van der Waals surface area contributed by atoms with E-state index in [2.05, 4.69) is 38.8 Å². The number of aliphatic hydroxyl groups excluding tert-OH is 1. The van der Waals surface area contributed by atoms with Crippen LogP contribution in [-0.4, -0.2) is 82.0 Å². The van der Waals surface area contributed by atoms with E-state index in [-0.39, 0.29) is 18.0 Å². The van der Waals surface area contributed by atoms with Crippen LogP contribution in [0, 0.1) is 17.7 Å². The van der Waals surface area contributed by atoms with Gasteiger partial charge in [0.15, 0.2) is 0 Å². The number of halogens is 1. The number of β-amino-alcohol motifs (C(OH)–C–C–N with tert-alkyl or cyclic N) is 1. The van der Waals surface area contributed by atoms with Crippen LogP contribution in [0.1, 0.15) is 33.9 Å². The molecule has 1 aromatic heterocycles. The Morgan fingerprint density at radius 2 is 1.79 bits per heavy atom. The summed E-state index contributed by atoms with van der Waals surface area (Å²) in [6.07, 6.45) is 1.02. The molecule has 3 aromatic rings. The number of rotatable bonds is 7. The molecular weight excluding hydrogens is 487 g/mol. The standard InChI is InChI=1S/C29H31FN4O4/c30-26-13-21(4-1-20-2-5-22(6-3-20)15-33-9-11-38-12-10-33)7-8-25(26)23(16-34-17-24(35)18-34)14-27-28(36)29(37)32-19-31-27/h2-3,5-8,13,19,23-24,35-36H,9-12,14-18H2,(H,31,32,37). The molecule has 2 aromatic carbocycles. The van der Waals surface area contributed by atoms with Crippen molar-refractivity contribution in [2.24, 2.45) is 0 Å². The van der Waals surface area contributed by atoms with Gasteiger partial charge in [0.1, 0.15) is 5.82 Å². The first kappa shape index (κ1) is 26.1. The van der Waals surface area contributed by atoms with Crippen LogP contribution in [0.5, 0.6) is 5.75 Å². The number of aromatic hydroxyl groups is 1. The summed E-state index contributed by atoms with van der Waals surface area (Å²) < 4.78 is 20.7. The zero-order valence-corrected chi connectivity index (χ0v) is 21.1. The molecule has 3 heterocycles. The average Bonchev–Trinajstić information content (AvgIpc) is 2.90. The maximum absolute atomic E-state index is 15.3. The fourth-order valence-corrected chi connectivity index (χ4v) is 4.88. The normalized spacial score (nSPS) is 17.4. The zero-order chi connectivity index (χ0) is 26.5. The molecule has 8 nitrogen and oxygen atoms in total. The monoisotopic (exact) mass is 518 g/mol. The predicted octanol–water partition coefficient (Wildman–Crippen LogP) is 1.85. The van der Waals surface area contributed by atoms with Crippen molar-refractivity contribution in [3.63, 3.8) is 0 Å². The Morgan fingerprint density at radius 3 is 2.50 bits per heavy atom. The Morgan fingerprint density at radius 1 is 1.08 bits per heavy atom. The Kier molecular flexibility index (Phi) is 8.15. The van der Waals surface area contributed by atoms with Crippen molar-refractivity contribution in [3.05, 3.63) is 92.9 Å². The molecule has 1 unspecified atom stereocenters. The van der Waals surface area contributed by atoms with Crippen LogP contribution in [0.25, 0.3) is 0 Å². The van der Waals surface area contributed by atoms with E-state index in [0.29, 0.717) is 30.8 Å². The lowest BCUT2D eigenvalue weighted by molar-refractivity contribution is -0.00144. The second-order valence-electron chi connectivity index (χ2n) is 9.87. The van der Waals surface area contributed by atoms with E-state index < -0.39 is 23.2 Å². The third-order valence-electron chi connectivity index (χ3n) is 7.02. The molecule has 0 radical (unpaired) electrons. The second kappa shape index (κ2) is 11.9. The largest absolute Gasteiger partial charge is 0.502 e. The SMILES string of the molecule is O=c1[nH]cnc(CC(CN2CC(O)C2)c2ccc(C#Cc3ccc(CN4CCOCC4)cc3)cc2F)c1O. The molecule has 38 heavy (non-hydrogen) atoms. The van der Waals surface area contributed by atoms with Crippen LogP contribution < -0.4 is 5.56 Å². The van der Waals surface area contributed by atoms with Gasteiger partial charge >= 0.3 is 0 Å². The van der Waals surface area contributed by atoms with Crippen LogP contribution in [-0.2, 0) is 17.7 Å². The van der Waals surface area contributed by atoms with Crippen LogP contribution in [0.15, 0.2) is 53.6 Å². The Labute approximate surface area is 220 Å². The van der Waals surface area contributed by atoms with Crippen LogP contribution >= 0.6 is 0 Å². The number of aromatic nitrogens is 2. The van der Waals surface area contributed by atoms with Crippen molar-refractivity contribution in [2.75, 3.05) is 45.9 Å². The molecule has 2 aliphatic heterocycles. The van der Waals surface area contributed by atoms with Crippen LogP contribution in [0.2, 0.25) is 0 Å². The number of nitrogens with zero attached hydrogens (tertiary/aromatic N) is 3. The quantitative estimate of drug-likeness (QED) is 0.411. The van der Waals surface area contributed by atoms with Gasteiger partial charge in [0.25, 0.3) is 5.56 Å². The molecule has 198 valence electrons. The van der Waals surface area contributed by atoms with Crippen molar-refractivity contribution in [3.8, 4) is 17.6 Å². The van der Waals surface area contributed by atoms with Gasteiger partial charge in [0.05, 0.1) is 31.3 Å². The number of H-pyrrole nitrogens is 1.